The average Bonchev–Trinajstić information content (AvgIpc) is 2.71. The molecule has 0 aliphatic carbocycles. The van der Waals surface area contributed by atoms with E-state index in [1.54, 1.807) is 41.2 Å². The Balaban J connectivity index is 2.06. The summed E-state index contributed by atoms with van der Waals surface area (Å²) in [6.45, 7) is 3.55. The lowest BCUT2D eigenvalue weighted by Gasteiger charge is -2.16. The molecule has 0 aliphatic heterocycles. The Kier molecular flexibility index (Phi) is 7.05. The van der Waals surface area contributed by atoms with Gasteiger partial charge < -0.3 is 19.5 Å². The third-order valence-electron chi connectivity index (χ3n) is 4.00. The first-order chi connectivity index (χ1) is 13.0. The molecule has 0 bridgehead atoms. The van der Waals surface area contributed by atoms with Crippen LogP contribution in [0.5, 0.6) is 17.2 Å². The highest BCUT2D eigenvalue weighted by atomic mass is 16.5. The number of para-hydroxylation sites is 2. The zero-order valence-corrected chi connectivity index (χ0v) is 16.2. The normalized spacial score (nSPS) is 12.1. The molecular formula is C20H25N3O4. The van der Waals surface area contributed by atoms with E-state index in [1.807, 2.05) is 36.4 Å². The maximum atomic E-state index is 12.4. The second-order valence-electron chi connectivity index (χ2n) is 5.81. The van der Waals surface area contributed by atoms with E-state index in [0.717, 1.165) is 11.3 Å². The van der Waals surface area contributed by atoms with Crippen molar-refractivity contribution in [3.8, 4) is 17.2 Å². The van der Waals surface area contributed by atoms with E-state index in [0.29, 0.717) is 23.0 Å². The summed E-state index contributed by atoms with van der Waals surface area (Å²) in [5, 5.41) is 7.30. The Morgan fingerprint density at radius 2 is 1.70 bits per heavy atom. The Labute approximate surface area is 159 Å². The van der Waals surface area contributed by atoms with Crippen molar-refractivity contribution in [2.75, 3.05) is 26.6 Å². The topological polar surface area (TPSA) is 81.2 Å². The van der Waals surface area contributed by atoms with Gasteiger partial charge in [-0.05, 0) is 38.1 Å². The number of anilines is 1. The summed E-state index contributed by atoms with van der Waals surface area (Å²) in [6, 6.07) is 12.3. The Morgan fingerprint density at radius 3 is 2.37 bits per heavy atom. The third-order valence-corrected chi connectivity index (χ3v) is 4.00. The molecule has 0 unspecified atom stereocenters. The molecule has 0 radical (unpaired) electrons. The van der Waals surface area contributed by atoms with Crippen molar-refractivity contribution in [1.29, 1.82) is 0 Å². The van der Waals surface area contributed by atoms with Gasteiger partial charge in [-0.15, -0.1) is 0 Å². The summed E-state index contributed by atoms with van der Waals surface area (Å²) >= 11 is 0. The molecule has 2 aromatic carbocycles. The van der Waals surface area contributed by atoms with Crippen LogP contribution in [0, 0.1) is 0 Å². The van der Waals surface area contributed by atoms with Gasteiger partial charge in [0, 0.05) is 11.6 Å². The lowest BCUT2D eigenvalue weighted by molar-refractivity contribution is -0.121. The van der Waals surface area contributed by atoms with Gasteiger partial charge in [-0.1, -0.05) is 12.1 Å². The van der Waals surface area contributed by atoms with Crippen LogP contribution in [0.4, 0.5) is 5.69 Å². The highest BCUT2D eigenvalue weighted by Gasteiger charge is 2.15. The summed E-state index contributed by atoms with van der Waals surface area (Å²) in [6.07, 6.45) is 0. The number of benzene rings is 2. The van der Waals surface area contributed by atoms with E-state index in [2.05, 4.69) is 15.8 Å². The van der Waals surface area contributed by atoms with Gasteiger partial charge in [-0.25, -0.2) is 5.43 Å². The van der Waals surface area contributed by atoms with Crippen molar-refractivity contribution in [2.45, 2.75) is 19.9 Å². The fraction of sp³-hybridized carbons (Fsp3) is 0.300. The Hall–Kier alpha value is -3.22. The summed E-state index contributed by atoms with van der Waals surface area (Å²) in [5.74, 6) is 1.69. The minimum atomic E-state index is -0.504. The third kappa shape index (κ3) is 5.13. The number of nitrogens with zero attached hydrogens (tertiary/aromatic N) is 1. The standard InChI is InChI=1S/C20H25N3O4/c1-13(16-11-10-15(25-3)12-19(16)27-5)22-23-20(24)14(2)21-17-8-6-7-9-18(17)26-4/h6-12,14,21H,1-5H3,(H,23,24)/t14-/m1/s1. The van der Waals surface area contributed by atoms with Gasteiger partial charge in [0.25, 0.3) is 5.91 Å². The molecule has 2 aromatic rings. The van der Waals surface area contributed by atoms with Crippen molar-refractivity contribution in [3.05, 3.63) is 48.0 Å². The number of carbonyl (C=O) groups is 1. The van der Waals surface area contributed by atoms with Gasteiger partial charge in [0.2, 0.25) is 0 Å². The molecule has 0 saturated heterocycles. The fourth-order valence-electron chi connectivity index (χ4n) is 2.46. The first-order valence-electron chi connectivity index (χ1n) is 8.46. The fourth-order valence-corrected chi connectivity index (χ4v) is 2.46. The maximum absolute atomic E-state index is 12.4. The van der Waals surface area contributed by atoms with Crippen molar-refractivity contribution < 1.29 is 19.0 Å². The first kappa shape index (κ1) is 20.1. The smallest absolute Gasteiger partial charge is 0.262 e. The van der Waals surface area contributed by atoms with Gasteiger partial charge in [0.15, 0.2) is 0 Å². The van der Waals surface area contributed by atoms with Crippen molar-refractivity contribution in [2.24, 2.45) is 5.10 Å². The zero-order valence-electron chi connectivity index (χ0n) is 16.2. The van der Waals surface area contributed by atoms with Gasteiger partial charge in [-0.2, -0.15) is 5.10 Å². The molecule has 0 saturated carbocycles. The quantitative estimate of drug-likeness (QED) is 0.551. The van der Waals surface area contributed by atoms with E-state index in [9.17, 15) is 4.79 Å². The summed E-state index contributed by atoms with van der Waals surface area (Å²) < 4.78 is 15.8. The van der Waals surface area contributed by atoms with Crippen molar-refractivity contribution in [1.82, 2.24) is 5.43 Å². The van der Waals surface area contributed by atoms with Crippen LogP contribution in [0.2, 0.25) is 0 Å². The molecule has 27 heavy (non-hydrogen) atoms. The molecule has 1 atom stereocenters. The zero-order chi connectivity index (χ0) is 19.8. The van der Waals surface area contributed by atoms with Crippen LogP contribution >= 0.6 is 0 Å². The SMILES string of the molecule is COc1ccc(C(C)=NNC(=O)[C@@H](C)Nc2ccccc2OC)c(OC)c1. The maximum Gasteiger partial charge on any atom is 0.262 e. The molecular weight excluding hydrogens is 346 g/mol. The van der Waals surface area contributed by atoms with Crippen molar-refractivity contribution >= 4 is 17.3 Å². The predicted octanol–water partition coefficient (Wildman–Crippen LogP) is 3.05. The summed E-state index contributed by atoms with van der Waals surface area (Å²) in [7, 11) is 4.75. The molecule has 0 aromatic heterocycles. The second kappa shape index (κ2) is 9.47. The molecule has 7 heteroatoms. The molecule has 1 amide bonds. The van der Waals surface area contributed by atoms with E-state index in [-0.39, 0.29) is 5.91 Å². The number of amides is 1. The molecule has 2 rings (SSSR count). The van der Waals surface area contributed by atoms with E-state index in [4.69, 9.17) is 14.2 Å². The van der Waals surface area contributed by atoms with Crippen LogP contribution in [0.25, 0.3) is 0 Å². The van der Waals surface area contributed by atoms with Crippen LogP contribution in [0.1, 0.15) is 19.4 Å². The minimum absolute atomic E-state index is 0.271. The average molecular weight is 371 g/mol. The Bertz CT molecular complexity index is 821. The van der Waals surface area contributed by atoms with Crippen LogP contribution in [-0.2, 0) is 4.79 Å². The number of hydrogen-bond donors (Lipinski definition) is 2. The number of ether oxygens (including phenoxy) is 3. The van der Waals surface area contributed by atoms with Gasteiger partial charge in [0.1, 0.15) is 23.3 Å². The minimum Gasteiger partial charge on any atom is -0.497 e. The number of hydrogen-bond acceptors (Lipinski definition) is 6. The van der Waals surface area contributed by atoms with E-state index < -0.39 is 6.04 Å². The second-order valence-corrected chi connectivity index (χ2v) is 5.81. The Morgan fingerprint density at radius 1 is 1.00 bits per heavy atom. The highest BCUT2D eigenvalue weighted by molar-refractivity contribution is 6.02. The monoisotopic (exact) mass is 371 g/mol. The molecule has 2 N–H and O–H groups in total. The van der Waals surface area contributed by atoms with Crippen LogP contribution < -0.4 is 25.0 Å². The lowest BCUT2D eigenvalue weighted by Crippen LogP contribution is -2.35. The number of carbonyl (C=O) groups excluding carboxylic acids is 1. The molecule has 0 heterocycles. The number of methoxy groups -OCH3 is 3. The van der Waals surface area contributed by atoms with Gasteiger partial charge >= 0.3 is 0 Å². The van der Waals surface area contributed by atoms with E-state index in [1.165, 1.54) is 0 Å². The van der Waals surface area contributed by atoms with Crippen LogP contribution in [0.15, 0.2) is 47.6 Å². The lowest BCUT2D eigenvalue weighted by atomic mass is 10.1. The largest absolute Gasteiger partial charge is 0.497 e. The van der Waals surface area contributed by atoms with Gasteiger partial charge in [0.05, 0.1) is 32.7 Å². The van der Waals surface area contributed by atoms with Gasteiger partial charge in [-0.3, -0.25) is 4.79 Å². The predicted molar refractivity (Wildman–Crippen MR) is 106 cm³/mol. The molecule has 7 nitrogen and oxygen atoms in total. The van der Waals surface area contributed by atoms with Crippen LogP contribution in [0.3, 0.4) is 0 Å². The summed E-state index contributed by atoms with van der Waals surface area (Å²) in [4.78, 5) is 12.4. The first-order valence-corrected chi connectivity index (χ1v) is 8.46. The van der Waals surface area contributed by atoms with Crippen molar-refractivity contribution in [3.63, 3.8) is 0 Å². The molecule has 0 aliphatic rings. The van der Waals surface area contributed by atoms with E-state index >= 15 is 0 Å². The number of hydrazone groups is 1. The molecule has 0 fully saturated rings. The summed E-state index contributed by atoms with van der Waals surface area (Å²) in [5.41, 5.74) is 4.70. The number of rotatable bonds is 8. The molecule has 144 valence electrons. The number of nitrogens with one attached hydrogen (secondary N) is 2. The molecule has 0 spiro atoms. The van der Waals surface area contributed by atoms with Crippen LogP contribution in [-0.4, -0.2) is 39.0 Å². The highest BCUT2D eigenvalue weighted by Crippen LogP contribution is 2.25.